The van der Waals surface area contributed by atoms with Crippen LogP contribution < -0.4 is 5.32 Å². The minimum Gasteiger partial charge on any atom is -0.462 e. The summed E-state index contributed by atoms with van der Waals surface area (Å²) < 4.78 is 31.6. The number of rotatable bonds is 7. The van der Waals surface area contributed by atoms with Crippen LogP contribution in [0.4, 0.5) is 0 Å². The van der Waals surface area contributed by atoms with Crippen molar-refractivity contribution in [2.45, 2.75) is 44.7 Å². The van der Waals surface area contributed by atoms with Gasteiger partial charge < -0.3 is 14.6 Å². The van der Waals surface area contributed by atoms with Crippen LogP contribution in [-0.4, -0.2) is 36.7 Å². The highest BCUT2D eigenvalue weighted by Crippen LogP contribution is 2.35. The van der Waals surface area contributed by atoms with Gasteiger partial charge in [-0.15, -0.1) is 0 Å². The highest BCUT2D eigenvalue weighted by Gasteiger charge is 2.23. The van der Waals surface area contributed by atoms with E-state index in [-0.39, 0.29) is 10.8 Å². The van der Waals surface area contributed by atoms with E-state index in [1.807, 2.05) is 13.0 Å². The van der Waals surface area contributed by atoms with Gasteiger partial charge in [-0.2, -0.15) is 0 Å². The van der Waals surface area contributed by atoms with Crippen molar-refractivity contribution < 1.29 is 22.7 Å². The predicted molar refractivity (Wildman–Crippen MR) is 133 cm³/mol. The maximum absolute atomic E-state index is 13.0. The number of nitrogens with one attached hydrogen (secondary N) is 1. The number of amides is 1. The monoisotopic (exact) mass is 524 g/mol. The maximum Gasteiger partial charge on any atom is 0.321 e. The van der Waals surface area contributed by atoms with Crippen molar-refractivity contribution in [2.75, 3.05) is 5.75 Å². The topological polar surface area (TPSA) is 94.5 Å². The first-order valence-corrected chi connectivity index (χ1v) is 13.0. The number of carbonyl (C=O) groups is 2. The molecule has 0 aliphatic carbocycles. The Balaban J connectivity index is 1.77. The molecule has 1 N–H and O–H groups in total. The van der Waals surface area contributed by atoms with Crippen molar-refractivity contribution in [1.29, 1.82) is 0 Å². The summed E-state index contributed by atoms with van der Waals surface area (Å²) in [6, 6.07) is 9.19. The first-order valence-electron chi connectivity index (χ1n) is 10.6. The molecule has 0 saturated carbocycles. The normalized spacial score (nSPS) is 12.7. The number of sulfone groups is 1. The zero-order chi connectivity index (χ0) is 25.4. The molecular formula is C24H26Cl2N2O5S. The standard InChI is InChI=1S/C24H26Cl2N2O5S/c1-13(2)33-21(29)12-34(31,32)17-8-6-16(7-9-17)15(4)27-24(30)20-11-18-19(28(20)5)10-14(3)22(25)23(18)26/h6-11,13,15H,12H2,1-5H3,(H,27,30)/t15-/m1/s1. The summed E-state index contributed by atoms with van der Waals surface area (Å²) in [7, 11) is -2.06. The first kappa shape index (κ1) is 26.1. The molecule has 182 valence electrons. The third-order valence-electron chi connectivity index (χ3n) is 5.40. The summed E-state index contributed by atoms with van der Waals surface area (Å²) in [5, 5.41) is 4.45. The van der Waals surface area contributed by atoms with Crippen LogP contribution in [0.25, 0.3) is 10.9 Å². The molecule has 0 aliphatic rings. The summed E-state index contributed by atoms with van der Waals surface area (Å²) in [4.78, 5) is 24.7. The lowest BCUT2D eigenvalue weighted by atomic mass is 10.1. The molecule has 7 nitrogen and oxygen atoms in total. The predicted octanol–water partition coefficient (Wildman–Crippen LogP) is 5.01. The molecule has 0 spiro atoms. The van der Waals surface area contributed by atoms with Gasteiger partial charge in [-0.05, 0) is 63.1 Å². The van der Waals surface area contributed by atoms with Crippen molar-refractivity contribution in [3.8, 4) is 0 Å². The maximum atomic E-state index is 13.0. The van der Waals surface area contributed by atoms with Crippen LogP contribution in [0, 0.1) is 6.92 Å². The SMILES string of the molecule is Cc1cc2c(cc(C(=O)N[C@H](C)c3ccc(S(=O)(=O)CC(=O)OC(C)C)cc3)n2C)c(Cl)c1Cl. The van der Waals surface area contributed by atoms with Gasteiger partial charge in [0.2, 0.25) is 0 Å². The number of ether oxygens (including phenoxy) is 1. The van der Waals surface area contributed by atoms with E-state index in [4.69, 9.17) is 27.9 Å². The fraction of sp³-hybridized carbons (Fsp3) is 0.333. The average Bonchev–Trinajstić information content (AvgIpc) is 3.07. The van der Waals surface area contributed by atoms with Gasteiger partial charge in [-0.3, -0.25) is 9.59 Å². The Kier molecular flexibility index (Phi) is 7.65. The fourth-order valence-electron chi connectivity index (χ4n) is 3.60. The molecule has 0 radical (unpaired) electrons. The first-order chi connectivity index (χ1) is 15.8. The number of aryl methyl sites for hydroxylation is 2. The zero-order valence-electron chi connectivity index (χ0n) is 19.5. The Morgan fingerprint density at radius 3 is 2.26 bits per heavy atom. The van der Waals surface area contributed by atoms with E-state index in [0.29, 0.717) is 26.7 Å². The van der Waals surface area contributed by atoms with Crippen LogP contribution in [0.2, 0.25) is 10.0 Å². The Morgan fingerprint density at radius 2 is 1.68 bits per heavy atom. The van der Waals surface area contributed by atoms with Gasteiger partial charge in [0.25, 0.3) is 5.91 Å². The molecule has 0 saturated heterocycles. The van der Waals surface area contributed by atoms with Crippen LogP contribution in [0.5, 0.6) is 0 Å². The highest BCUT2D eigenvalue weighted by atomic mass is 35.5. The quantitative estimate of drug-likeness (QED) is 0.438. The highest BCUT2D eigenvalue weighted by molar-refractivity contribution is 7.92. The van der Waals surface area contributed by atoms with E-state index >= 15 is 0 Å². The average molecular weight is 525 g/mol. The number of aromatic nitrogens is 1. The van der Waals surface area contributed by atoms with Gasteiger partial charge in [0.1, 0.15) is 5.69 Å². The van der Waals surface area contributed by atoms with E-state index < -0.39 is 33.7 Å². The smallest absolute Gasteiger partial charge is 0.321 e. The number of fused-ring (bicyclic) bond motifs is 1. The van der Waals surface area contributed by atoms with Crippen molar-refractivity contribution in [3.63, 3.8) is 0 Å². The summed E-state index contributed by atoms with van der Waals surface area (Å²) in [5.74, 6) is -1.85. The number of esters is 1. The van der Waals surface area contributed by atoms with Gasteiger partial charge >= 0.3 is 5.97 Å². The Labute approximate surface area is 208 Å². The second kappa shape index (κ2) is 9.98. The third-order valence-corrected chi connectivity index (χ3v) is 7.99. The Hall–Kier alpha value is -2.55. The van der Waals surface area contributed by atoms with Crippen LogP contribution in [-0.2, 0) is 26.4 Å². The number of hydrogen-bond acceptors (Lipinski definition) is 5. The number of benzene rings is 2. The van der Waals surface area contributed by atoms with Crippen LogP contribution >= 0.6 is 23.2 Å². The number of carbonyl (C=O) groups excluding carboxylic acids is 2. The van der Waals surface area contributed by atoms with Crippen molar-refractivity contribution in [1.82, 2.24) is 9.88 Å². The van der Waals surface area contributed by atoms with Crippen molar-refractivity contribution in [2.24, 2.45) is 7.05 Å². The molecule has 10 heteroatoms. The van der Waals surface area contributed by atoms with Crippen LogP contribution in [0.15, 0.2) is 41.3 Å². The van der Waals surface area contributed by atoms with E-state index in [9.17, 15) is 18.0 Å². The second-order valence-electron chi connectivity index (χ2n) is 8.40. The molecule has 2 aromatic carbocycles. The Bertz CT molecular complexity index is 1360. The van der Waals surface area contributed by atoms with Crippen LogP contribution in [0.3, 0.4) is 0 Å². The molecule has 34 heavy (non-hydrogen) atoms. The molecule has 1 heterocycles. The van der Waals surface area contributed by atoms with Gasteiger partial charge in [-0.1, -0.05) is 35.3 Å². The lowest BCUT2D eigenvalue weighted by Crippen LogP contribution is -2.28. The third kappa shape index (κ3) is 5.40. The minimum absolute atomic E-state index is 0.00561. The molecule has 0 fully saturated rings. The molecule has 1 amide bonds. The second-order valence-corrected chi connectivity index (χ2v) is 11.2. The van der Waals surface area contributed by atoms with Gasteiger partial charge in [0.05, 0.1) is 32.6 Å². The Morgan fingerprint density at radius 1 is 1.06 bits per heavy atom. The van der Waals surface area contributed by atoms with Crippen LogP contribution in [0.1, 0.15) is 48.4 Å². The summed E-state index contributed by atoms with van der Waals surface area (Å²) in [6.07, 6.45) is -0.395. The van der Waals surface area contributed by atoms with E-state index in [2.05, 4.69) is 5.32 Å². The summed E-state index contributed by atoms with van der Waals surface area (Å²) in [6.45, 7) is 6.94. The molecule has 0 aliphatic heterocycles. The van der Waals surface area contributed by atoms with Gasteiger partial charge in [0, 0.05) is 12.4 Å². The zero-order valence-corrected chi connectivity index (χ0v) is 21.8. The van der Waals surface area contributed by atoms with E-state index in [0.717, 1.165) is 11.1 Å². The van der Waals surface area contributed by atoms with E-state index in [1.54, 1.807) is 50.6 Å². The lowest BCUT2D eigenvalue weighted by molar-refractivity contribution is -0.144. The molecule has 3 rings (SSSR count). The molecule has 1 aromatic heterocycles. The van der Waals surface area contributed by atoms with E-state index in [1.165, 1.54) is 12.1 Å². The summed E-state index contributed by atoms with van der Waals surface area (Å²) >= 11 is 12.6. The minimum atomic E-state index is -3.83. The largest absolute Gasteiger partial charge is 0.462 e. The number of hydrogen-bond donors (Lipinski definition) is 1. The number of halogens is 2. The molecule has 1 atom stereocenters. The van der Waals surface area contributed by atoms with Gasteiger partial charge in [0.15, 0.2) is 15.6 Å². The molecule has 0 unspecified atom stereocenters. The summed E-state index contributed by atoms with van der Waals surface area (Å²) in [5.41, 5.74) is 2.71. The fourth-order valence-corrected chi connectivity index (χ4v) is 5.15. The lowest BCUT2D eigenvalue weighted by Gasteiger charge is -2.15. The molecule has 0 bridgehead atoms. The molecular weight excluding hydrogens is 499 g/mol. The number of nitrogens with zero attached hydrogens (tertiary/aromatic N) is 1. The van der Waals surface area contributed by atoms with Crippen molar-refractivity contribution >= 4 is 55.8 Å². The van der Waals surface area contributed by atoms with Crippen molar-refractivity contribution in [3.05, 3.63) is 63.3 Å². The van der Waals surface area contributed by atoms with Gasteiger partial charge in [-0.25, -0.2) is 8.42 Å². The molecule has 3 aromatic rings.